The van der Waals surface area contributed by atoms with Crippen LogP contribution in [0.3, 0.4) is 0 Å². The van der Waals surface area contributed by atoms with Crippen LogP contribution < -0.4 is 10.2 Å². The van der Waals surface area contributed by atoms with E-state index >= 15 is 0 Å². The second kappa shape index (κ2) is 4.89. The maximum absolute atomic E-state index is 12.3. The molecule has 0 bridgehead atoms. The summed E-state index contributed by atoms with van der Waals surface area (Å²) in [7, 11) is 1.65. The van der Waals surface area contributed by atoms with Crippen molar-refractivity contribution in [2.75, 3.05) is 16.8 Å². The minimum Gasteiger partial charge on any atom is -0.481 e. The molecule has 1 aromatic carbocycles. The van der Waals surface area contributed by atoms with Crippen LogP contribution in [-0.4, -0.2) is 38.4 Å². The number of anilines is 2. The van der Waals surface area contributed by atoms with E-state index in [-0.39, 0.29) is 6.54 Å². The molecule has 21 heavy (non-hydrogen) atoms. The number of aliphatic carboxylic acids is 1. The summed E-state index contributed by atoms with van der Waals surface area (Å²) in [6, 6.07) is 6.56. The Kier molecular flexibility index (Phi) is 3.05. The van der Waals surface area contributed by atoms with Gasteiger partial charge < -0.3 is 5.11 Å². The van der Waals surface area contributed by atoms with Crippen LogP contribution in [0.1, 0.15) is 11.5 Å². The number of hydrogen-bond acceptors (Lipinski definition) is 4. The molecule has 0 saturated heterocycles. The number of carboxylic acids is 1. The number of aromatic nitrogens is 3. The van der Waals surface area contributed by atoms with Crippen molar-refractivity contribution in [2.24, 2.45) is 7.05 Å². The van der Waals surface area contributed by atoms with Gasteiger partial charge in [-0.05, 0) is 11.6 Å². The summed E-state index contributed by atoms with van der Waals surface area (Å²) in [5, 5.41) is 15.8. The molecule has 8 nitrogen and oxygen atoms in total. The number of para-hydroxylation sites is 1. The van der Waals surface area contributed by atoms with Gasteiger partial charge in [0.05, 0.1) is 0 Å². The highest BCUT2D eigenvalue weighted by molar-refractivity contribution is 6.04. The van der Waals surface area contributed by atoms with E-state index < -0.39 is 17.9 Å². The smallest absolute Gasteiger partial charge is 0.328 e. The molecule has 1 aromatic heterocycles. The summed E-state index contributed by atoms with van der Waals surface area (Å²) in [4.78, 5) is 29.0. The molecule has 0 fully saturated rings. The molecule has 0 radical (unpaired) electrons. The van der Waals surface area contributed by atoms with E-state index in [0.29, 0.717) is 17.2 Å². The van der Waals surface area contributed by atoms with Gasteiger partial charge in [0.1, 0.15) is 12.2 Å². The van der Waals surface area contributed by atoms with E-state index in [2.05, 4.69) is 15.4 Å². The number of nitrogens with zero attached hydrogens (tertiary/aromatic N) is 4. The second-order valence-corrected chi connectivity index (χ2v) is 4.70. The lowest BCUT2D eigenvalue weighted by molar-refractivity contribution is -0.138. The van der Waals surface area contributed by atoms with Crippen LogP contribution in [-0.2, 0) is 11.8 Å². The fraction of sp³-hybridized carbons (Fsp3) is 0.231. The molecule has 108 valence electrons. The first kappa shape index (κ1) is 13.1. The first-order valence-electron chi connectivity index (χ1n) is 6.32. The predicted molar refractivity (Wildman–Crippen MR) is 74.2 cm³/mol. The standard InChI is InChI=1S/C13H13N5O3/c1-17-12(14-7-15-17)16-13(21)18-6-9(11(19)20)8-4-2-3-5-10(8)18/h2-5,7,9H,6H2,1H3,(H,19,20)(H,14,15,16,21). The number of carbonyl (C=O) groups is 2. The maximum atomic E-state index is 12.3. The van der Waals surface area contributed by atoms with Gasteiger partial charge in [-0.15, -0.1) is 0 Å². The topological polar surface area (TPSA) is 100 Å². The van der Waals surface area contributed by atoms with Crippen LogP contribution in [0.15, 0.2) is 30.6 Å². The first-order valence-corrected chi connectivity index (χ1v) is 6.32. The van der Waals surface area contributed by atoms with E-state index in [1.807, 2.05) is 0 Å². The number of carboxylic acid groups (broad SMARTS) is 1. The highest BCUT2D eigenvalue weighted by atomic mass is 16.4. The molecule has 1 aliphatic heterocycles. The quantitative estimate of drug-likeness (QED) is 0.859. The molecule has 3 rings (SSSR count). The van der Waals surface area contributed by atoms with Gasteiger partial charge in [0.15, 0.2) is 0 Å². The maximum Gasteiger partial charge on any atom is 0.328 e. The van der Waals surface area contributed by atoms with Crippen molar-refractivity contribution in [2.45, 2.75) is 5.92 Å². The van der Waals surface area contributed by atoms with Gasteiger partial charge in [0, 0.05) is 19.3 Å². The lowest BCUT2D eigenvalue weighted by atomic mass is 10.0. The number of carbonyl (C=O) groups excluding carboxylic acids is 1. The lowest BCUT2D eigenvalue weighted by Gasteiger charge is -2.17. The minimum atomic E-state index is -0.948. The average molecular weight is 287 g/mol. The van der Waals surface area contributed by atoms with Crippen molar-refractivity contribution in [1.82, 2.24) is 14.8 Å². The third-order valence-corrected chi connectivity index (χ3v) is 3.44. The molecule has 0 spiro atoms. The summed E-state index contributed by atoms with van der Waals surface area (Å²) >= 11 is 0. The fourth-order valence-corrected chi connectivity index (χ4v) is 2.38. The van der Waals surface area contributed by atoms with Gasteiger partial charge in [0.25, 0.3) is 0 Å². The van der Waals surface area contributed by atoms with Gasteiger partial charge in [-0.3, -0.25) is 15.0 Å². The number of benzene rings is 1. The fourth-order valence-electron chi connectivity index (χ4n) is 2.38. The van der Waals surface area contributed by atoms with Crippen molar-refractivity contribution in [3.63, 3.8) is 0 Å². The molecule has 1 aliphatic rings. The molecule has 0 saturated carbocycles. The number of rotatable bonds is 2. The zero-order chi connectivity index (χ0) is 15.0. The summed E-state index contributed by atoms with van der Waals surface area (Å²) in [5.41, 5.74) is 1.24. The van der Waals surface area contributed by atoms with Crippen LogP contribution in [0.5, 0.6) is 0 Å². The third kappa shape index (κ3) is 2.20. The molecule has 2 aromatic rings. The Bertz CT molecular complexity index is 711. The van der Waals surface area contributed by atoms with Crippen LogP contribution in [0.4, 0.5) is 16.4 Å². The van der Waals surface area contributed by atoms with Gasteiger partial charge in [-0.2, -0.15) is 10.1 Å². The van der Waals surface area contributed by atoms with Gasteiger partial charge >= 0.3 is 12.0 Å². The third-order valence-electron chi connectivity index (χ3n) is 3.44. The van der Waals surface area contributed by atoms with E-state index in [9.17, 15) is 14.7 Å². The number of urea groups is 1. The molecule has 8 heteroatoms. The Morgan fingerprint density at radius 1 is 1.38 bits per heavy atom. The Morgan fingerprint density at radius 3 is 2.81 bits per heavy atom. The second-order valence-electron chi connectivity index (χ2n) is 4.70. The average Bonchev–Trinajstić information content (AvgIpc) is 3.03. The molecule has 0 aliphatic carbocycles. The highest BCUT2D eigenvalue weighted by Gasteiger charge is 2.36. The van der Waals surface area contributed by atoms with Gasteiger partial charge in [-0.1, -0.05) is 18.2 Å². The SMILES string of the molecule is Cn1ncnc1NC(=O)N1CC(C(=O)O)c2ccccc21. The van der Waals surface area contributed by atoms with Crippen LogP contribution in [0.2, 0.25) is 0 Å². The van der Waals surface area contributed by atoms with Gasteiger partial charge in [0.2, 0.25) is 5.95 Å². The molecule has 2 heterocycles. The van der Waals surface area contributed by atoms with Gasteiger partial charge in [-0.25, -0.2) is 9.48 Å². The van der Waals surface area contributed by atoms with Crippen molar-refractivity contribution in [3.8, 4) is 0 Å². The first-order chi connectivity index (χ1) is 10.1. The molecular weight excluding hydrogens is 274 g/mol. The number of fused-ring (bicyclic) bond motifs is 1. The van der Waals surface area contributed by atoms with Crippen LogP contribution >= 0.6 is 0 Å². The van der Waals surface area contributed by atoms with E-state index in [0.717, 1.165) is 0 Å². The summed E-state index contributed by atoms with van der Waals surface area (Å²) < 4.78 is 1.43. The van der Waals surface area contributed by atoms with E-state index in [1.165, 1.54) is 15.9 Å². The summed E-state index contributed by atoms with van der Waals surface area (Å²) in [5.74, 6) is -1.36. The molecule has 2 N–H and O–H groups in total. The number of aryl methyl sites for hydroxylation is 1. The highest BCUT2D eigenvalue weighted by Crippen LogP contribution is 2.36. The van der Waals surface area contributed by atoms with Crippen LogP contribution in [0, 0.1) is 0 Å². The zero-order valence-electron chi connectivity index (χ0n) is 11.2. The zero-order valence-corrected chi connectivity index (χ0v) is 11.2. The summed E-state index contributed by atoms with van der Waals surface area (Å²) in [6.45, 7) is 0.0956. The van der Waals surface area contributed by atoms with E-state index in [1.54, 1.807) is 31.3 Å². The summed E-state index contributed by atoms with van der Waals surface area (Å²) in [6.07, 6.45) is 1.33. The Morgan fingerprint density at radius 2 is 2.14 bits per heavy atom. The Balaban J connectivity index is 1.88. The number of nitrogens with one attached hydrogen (secondary N) is 1. The number of amides is 2. The van der Waals surface area contributed by atoms with Crippen molar-refractivity contribution in [1.29, 1.82) is 0 Å². The molecule has 2 amide bonds. The van der Waals surface area contributed by atoms with Crippen molar-refractivity contribution < 1.29 is 14.7 Å². The van der Waals surface area contributed by atoms with Crippen molar-refractivity contribution >= 4 is 23.6 Å². The normalized spacial score (nSPS) is 16.6. The molecule has 1 atom stereocenters. The molecule has 1 unspecified atom stereocenters. The minimum absolute atomic E-state index is 0.0956. The monoisotopic (exact) mass is 287 g/mol. The Hall–Kier alpha value is -2.90. The lowest BCUT2D eigenvalue weighted by Crippen LogP contribution is -2.35. The molecular formula is C13H13N5O3. The predicted octanol–water partition coefficient (Wildman–Crippen LogP) is 1.04. The number of hydrogen-bond donors (Lipinski definition) is 2. The van der Waals surface area contributed by atoms with Crippen LogP contribution in [0.25, 0.3) is 0 Å². The van der Waals surface area contributed by atoms with E-state index in [4.69, 9.17) is 0 Å². The Labute approximate surface area is 120 Å². The van der Waals surface area contributed by atoms with Crippen molar-refractivity contribution in [3.05, 3.63) is 36.2 Å². The largest absolute Gasteiger partial charge is 0.481 e.